The Morgan fingerprint density at radius 1 is 0.702 bits per heavy atom. The molecule has 4 heterocycles. The van der Waals surface area contributed by atoms with Crippen molar-refractivity contribution >= 4 is 103 Å². The van der Waals surface area contributed by atoms with Crippen molar-refractivity contribution in [1.29, 1.82) is 0 Å². The van der Waals surface area contributed by atoms with Crippen molar-refractivity contribution in [1.82, 2.24) is 18.9 Å². The highest BCUT2D eigenvalue weighted by molar-refractivity contribution is 6.97. The number of carbonyl (C=O) groups is 6. The lowest BCUT2D eigenvalue weighted by Crippen LogP contribution is -2.37. The molecule has 4 aromatic rings. The summed E-state index contributed by atoms with van der Waals surface area (Å²) in [7, 11) is 1.12. The van der Waals surface area contributed by atoms with Crippen molar-refractivity contribution in [2.75, 3.05) is 25.5 Å². The van der Waals surface area contributed by atoms with E-state index in [0.717, 1.165) is 23.6 Å². The summed E-state index contributed by atoms with van der Waals surface area (Å²) in [6.45, 7) is 13.3. The zero-order valence-electron chi connectivity index (χ0n) is 32.2. The van der Waals surface area contributed by atoms with Gasteiger partial charge in [-0.1, -0.05) is 0 Å². The van der Waals surface area contributed by atoms with Crippen LogP contribution in [0.15, 0.2) is 42.7 Å². The van der Waals surface area contributed by atoms with Gasteiger partial charge in [0.25, 0.3) is 5.78 Å². The lowest BCUT2D eigenvalue weighted by atomic mass is 10.1. The van der Waals surface area contributed by atoms with Gasteiger partial charge in [-0.25, -0.2) is 23.2 Å². The van der Waals surface area contributed by atoms with Crippen LogP contribution in [0.4, 0.5) is 18.4 Å². The Bertz CT molecular complexity index is 2150. The molecule has 0 atom stereocenters. The van der Waals surface area contributed by atoms with Gasteiger partial charge in [0.05, 0.1) is 42.1 Å². The summed E-state index contributed by atoms with van der Waals surface area (Å²) >= 11 is 18.5. The molecule has 0 unspecified atom stereocenters. The molecule has 0 saturated heterocycles. The van der Waals surface area contributed by atoms with Crippen LogP contribution in [0.3, 0.4) is 0 Å². The Morgan fingerprint density at radius 3 is 1.61 bits per heavy atom. The van der Waals surface area contributed by atoms with Crippen LogP contribution < -0.4 is 0 Å². The second-order valence-corrected chi connectivity index (χ2v) is 16.0. The number of nitrogens with zero attached hydrogens (tertiary/aromatic N) is 4. The Morgan fingerprint density at radius 2 is 1.16 bits per heavy atom. The summed E-state index contributed by atoms with van der Waals surface area (Å²) in [4.78, 5) is 70.6. The highest BCUT2D eigenvalue weighted by Crippen LogP contribution is 2.31. The summed E-state index contributed by atoms with van der Waals surface area (Å²) in [6.07, 6.45) is 2.60. The van der Waals surface area contributed by atoms with Gasteiger partial charge in [0.2, 0.25) is 0 Å². The largest absolute Gasteiger partial charge is 0.463 e. The van der Waals surface area contributed by atoms with Crippen molar-refractivity contribution in [3.8, 4) is 0 Å². The third-order valence-electron chi connectivity index (χ3n) is 7.94. The fraction of sp³-hybridized carbons (Fsp3) is 0.421. The molecule has 13 nitrogen and oxygen atoms in total. The summed E-state index contributed by atoms with van der Waals surface area (Å²) in [5.41, 5.74) is 1.89. The highest BCUT2D eigenvalue weighted by Gasteiger charge is 2.30. The Kier molecular flexibility index (Phi) is 16.3. The first kappa shape index (κ1) is 46.9. The SMILES string of the molecule is CC(C)(C)OC(=O)N1CCn2ccc3cc(F)cc(c32)C1.COC(=O)C(=O)c1cn2c3c(cc(F)cc13)CN(C(=O)OC(C)(C)C)CC2.ClCCl.O=C(Cl)C(=O)Cl. The van der Waals surface area contributed by atoms with E-state index >= 15 is 0 Å². The average Bonchev–Trinajstić information content (AvgIpc) is 3.54. The van der Waals surface area contributed by atoms with E-state index in [2.05, 4.69) is 32.5 Å². The number of esters is 1. The average molecular weight is 879 g/mol. The number of amides is 2. The van der Waals surface area contributed by atoms with Crippen LogP contribution in [0, 0.1) is 11.6 Å². The molecule has 0 spiro atoms. The molecular formula is C38H42Cl4F2N4O9. The van der Waals surface area contributed by atoms with E-state index < -0.39 is 45.3 Å². The monoisotopic (exact) mass is 876 g/mol. The number of halogens is 6. The molecule has 6 rings (SSSR count). The van der Waals surface area contributed by atoms with Crippen LogP contribution in [0.5, 0.6) is 0 Å². The number of carbonyl (C=O) groups excluding carboxylic acids is 6. The van der Waals surface area contributed by atoms with Gasteiger partial charge in [-0.05, 0) is 106 Å². The molecule has 19 heteroatoms. The van der Waals surface area contributed by atoms with Crippen LogP contribution in [0.1, 0.15) is 63.0 Å². The van der Waals surface area contributed by atoms with Crippen LogP contribution in [0.2, 0.25) is 0 Å². The summed E-state index contributed by atoms with van der Waals surface area (Å²) in [5, 5.41) is -0.893. The fourth-order valence-electron chi connectivity index (χ4n) is 5.87. The van der Waals surface area contributed by atoms with Gasteiger partial charge in [0.15, 0.2) is 0 Å². The number of alkyl halides is 2. The molecule has 2 amide bonds. The van der Waals surface area contributed by atoms with Crippen LogP contribution in [-0.4, -0.2) is 90.1 Å². The zero-order chi connectivity index (χ0) is 43.0. The molecule has 2 aromatic carbocycles. The minimum absolute atomic E-state index is 0.0864. The van der Waals surface area contributed by atoms with Gasteiger partial charge in [-0.2, -0.15) is 0 Å². The quantitative estimate of drug-likeness (QED) is 0.0495. The van der Waals surface area contributed by atoms with Crippen molar-refractivity contribution in [2.45, 2.75) is 78.9 Å². The molecular weight excluding hydrogens is 836 g/mol. The third kappa shape index (κ3) is 13.0. The summed E-state index contributed by atoms with van der Waals surface area (Å²) in [6, 6.07) is 7.48. The minimum atomic E-state index is -1.14. The minimum Gasteiger partial charge on any atom is -0.463 e. The molecule has 2 aromatic heterocycles. The molecule has 0 radical (unpaired) electrons. The summed E-state index contributed by atoms with van der Waals surface area (Å²) < 4.78 is 47.1. The number of hydrogen-bond acceptors (Lipinski definition) is 9. The Hall–Kier alpha value is -4.44. The number of methoxy groups -OCH3 is 1. The van der Waals surface area contributed by atoms with Crippen molar-refractivity contribution in [3.63, 3.8) is 0 Å². The van der Waals surface area contributed by atoms with Gasteiger partial charge in [-0.3, -0.25) is 14.4 Å². The third-order valence-corrected chi connectivity index (χ3v) is 8.38. The predicted octanol–water partition coefficient (Wildman–Crippen LogP) is 8.36. The predicted molar refractivity (Wildman–Crippen MR) is 212 cm³/mol. The van der Waals surface area contributed by atoms with E-state index in [9.17, 15) is 37.5 Å². The van der Waals surface area contributed by atoms with Crippen LogP contribution in [-0.2, 0) is 54.8 Å². The lowest BCUT2D eigenvalue weighted by molar-refractivity contribution is -0.135. The van der Waals surface area contributed by atoms with Gasteiger partial charge < -0.3 is 33.1 Å². The smallest absolute Gasteiger partial charge is 0.410 e. The molecule has 0 bridgehead atoms. The number of ether oxygens (including phenoxy) is 3. The van der Waals surface area contributed by atoms with E-state index in [-0.39, 0.29) is 29.4 Å². The number of aromatic nitrogens is 2. The van der Waals surface area contributed by atoms with Crippen LogP contribution >= 0.6 is 46.4 Å². The van der Waals surface area contributed by atoms with Gasteiger partial charge in [-0.15, -0.1) is 23.2 Å². The molecule has 2 aliphatic heterocycles. The van der Waals surface area contributed by atoms with Crippen molar-refractivity contribution < 1.29 is 51.8 Å². The first-order valence-corrected chi connectivity index (χ1v) is 19.0. The van der Waals surface area contributed by atoms with Crippen molar-refractivity contribution in [3.05, 3.63) is 71.1 Å². The van der Waals surface area contributed by atoms with E-state index in [1.807, 2.05) is 33.0 Å². The number of rotatable bonds is 3. The maximum Gasteiger partial charge on any atom is 0.410 e. The summed E-state index contributed by atoms with van der Waals surface area (Å²) in [5.74, 6) is -2.67. The van der Waals surface area contributed by atoms with Crippen molar-refractivity contribution in [2.24, 2.45) is 0 Å². The maximum atomic E-state index is 14.2. The first-order valence-electron chi connectivity index (χ1n) is 17.2. The first-order chi connectivity index (χ1) is 26.5. The molecule has 0 aliphatic carbocycles. The molecule has 0 saturated carbocycles. The Balaban J connectivity index is 0.000000257. The zero-order valence-corrected chi connectivity index (χ0v) is 35.2. The highest BCUT2D eigenvalue weighted by atomic mass is 35.5. The normalized spacial score (nSPS) is 13.4. The second kappa shape index (κ2) is 19.8. The maximum absolute atomic E-state index is 14.2. The Labute approximate surface area is 347 Å². The molecule has 2 aliphatic rings. The molecule has 0 N–H and O–H groups in total. The van der Waals surface area contributed by atoms with Gasteiger partial charge in [0.1, 0.15) is 22.8 Å². The second-order valence-electron chi connectivity index (χ2n) is 14.5. The molecule has 0 fully saturated rings. The number of benzene rings is 2. The standard InChI is InChI=1S/C19H21FN2O5.C16H19FN2O2.C2Cl2O2.CH2Cl2/c1-19(2,3)27-18(25)22-6-5-21-10-14(16(23)17(24)26-4)13-8-12(20)7-11(9-22)15(13)21;1-16(2,3)21-15(20)19-7-6-18-5-4-11-8-13(17)9-12(10-19)14(11)18;3-1(5)2(4)6;2-1-3/h7-8,10H,5-6,9H2,1-4H3;4-5,8-9H,6-7,10H2,1-3H3;;1H2. The van der Waals surface area contributed by atoms with E-state index in [4.69, 9.17) is 32.7 Å². The van der Waals surface area contributed by atoms with E-state index in [1.165, 1.54) is 35.4 Å². The van der Waals surface area contributed by atoms with E-state index in [1.54, 1.807) is 30.2 Å². The van der Waals surface area contributed by atoms with Crippen LogP contribution in [0.25, 0.3) is 21.8 Å². The number of ketones is 1. The topological polar surface area (TPSA) is 146 Å². The number of Topliss-reactive ketones (excluding diaryl/α,β-unsaturated/α-hetero) is 1. The van der Waals surface area contributed by atoms with Gasteiger partial charge in [0, 0.05) is 49.3 Å². The van der Waals surface area contributed by atoms with Gasteiger partial charge >= 0.3 is 28.6 Å². The van der Waals surface area contributed by atoms with E-state index in [0.29, 0.717) is 49.2 Å². The number of hydrogen-bond donors (Lipinski definition) is 0. The fourth-order valence-corrected chi connectivity index (χ4v) is 5.87. The lowest BCUT2D eigenvalue weighted by Gasteiger charge is -2.26. The molecule has 57 heavy (non-hydrogen) atoms. The molecule has 310 valence electrons.